The Balaban J connectivity index is 2.37. The van der Waals surface area contributed by atoms with Crippen LogP contribution in [-0.2, 0) is 0 Å². The highest BCUT2D eigenvalue weighted by molar-refractivity contribution is 5.62. The van der Waals surface area contributed by atoms with E-state index in [4.69, 9.17) is 0 Å². The number of aliphatic hydroxyl groups is 1. The van der Waals surface area contributed by atoms with Gasteiger partial charge in [0, 0.05) is 12.4 Å². The second-order valence-corrected chi connectivity index (χ2v) is 4.03. The Kier molecular flexibility index (Phi) is 2.74. The molecule has 6 nitrogen and oxygen atoms in total. The summed E-state index contributed by atoms with van der Waals surface area (Å²) in [5.74, 6) is 0.637. The van der Waals surface area contributed by atoms with Gasteiger partial charge in [-0.25, -0.2) is 4.98 Å². The van der Waals surface area contributed by atoms with Crippen LogP contribution in [0.3, 0.4) is 0 Å². The highest BCUT2D eigenvalue weighted by Crippen LogP contribution is 2.18. The van der Waals surface area contributed by atoms with Gasteiger partial charge in [0.2, 0.25) is 5.65 Å². The molecule has 2 heterocycles. The molecule has 2 aromatic rings. The monoisotopic (exact) mass is 221 g/mol. The Labute approximate surface area is 93.3 Å². The maximum absolute atomic E-state index is 9.34. The Morgan fingerprint density at radius 1 is 1.56 bits per heavy atom. The van der Waals surface area contributed by atoms with Crippen molar-refractivity contribution in [2.24, 2.45) is 0 Å². The first-order valence-electron chi connectivity index (χ1n) is 5.22. The molecule has 2 N–H and O–H groups in total. The summed E-state index contributed by atoms with van der Waals surface area (Å²) in [6, 6.07) is 0. The van der Waals surface area contributed by atoms with Gasteiger partial charge >= 0.3 is 0 Å². The quantitative estimate of drug-likeness (QED) is 0.794. The third kappa shape index (κ3) is 1.83. The number of aromatic nitrogens is 4. The smallest absolute Gasteiger partial charge is 0.203 e. The number of anilines is 1. The van der Waals surface area contributed by atoms with Gasteiger partial charge in [-0.15, -0.1) is 10.2 Å². The maximum Gasteiger partial charge on any atom is 0.203 e. The van der Waals surface area contributed by atoms with Gasteiger partial charge < -0.3 is 10.4 Å². The molecule has 0 saturated heterocycles. The Bertz CT molecular complexity index is 477. The van der Waals surface area contributed by atoms with Crippen LogP contribution < -0.4 is 5.32 Å². The minimum atomic E-state index is -0.388. The zero-order valence-corrected chi connectivity index (χ0v) is 9.38. The summed E-state index contributed by atoms with van der Waals surface area (Å²) < 4.78 is 1.78. The summed E-state index contributed by atoms with van der Waals surface area (Å²) in [6.45, 7) is 3.99. The summed E-state index contributed by atoms with van der Waals surface area (Å²) in [4.78, 5) is 4.21. The molecule has 2 rings (SSSR count). The molecular weight excluding hydrogens is 206 g/mol. The zero-order valence-electron chi connectivity index (χ0n) is 9.38. The lowest BCUT2D eigenvalue weighted by Gasteiger charge is -2.27. The predicted octanol–water partition coefficient (Wildman–Crippen LogP) is 0.697. The average molecular weight is 221 g/mol. The Hall–Kier alpha value is -1.69. The van der Waals surface area contributed by atoms with Gasteiger partial charge in [-0.2, -0.15) is 0 Å². The summed E-state index contributed by atoms with van der Waals surface area (Å²) in [6.07, 6.45) is 5.86. The van der Waals surface area contributed by atoms with Gasteiger partial charge in [-0.1, -0.05) is 6.92 Å². The molecule has 0 aliphatic rings. The molecule has 0 amide bonds. The number of hydrogen-bond acceptors (Lipinski definition) is 5. The molecule has 6 heteroatoms. The third-order valence-electron chi connectivity index (χ3n) is 2.77. The first kappa shape index (κ1) is 10.8. The van der Waals surface area contributed by atoms with Crippen LogP contribution >= 0.6 is 0 Å². The van der Waals surface area contributed by atoms with Crippen molar-refractivity contribution in [3.8, 4) is 0 Å². The lowest BCUT2D eigenvalue weighted by atomic mass is 10.0. The van der Waals surface area contributed by atoms with Crippen LogP contribution in [0.1, 0.15) is 20.3 Å². The standard InChI is InChI=1S/C10H15N5O/c1-3-10(2,6-16)13-8-9-14-12-7-15(9)5-4-11-8/h4-5,7,16H,3,6H2,1-2H3,(H,11,13). The molecular formula is C10H15N5O. The molecule has 2 aromatic heterocycles. The van der Waals surface area contributed by atoms with Gasteiger partial charge in [0.1, 0.15) is 6.33 Å². The van der Waals surface area contributed by atoms with Gasteiger partial charge in [-0.3, -0.25) is 4.40 Å². The largest absolute Gasteiger partial charge is 0.394 e. The van der Waals surface area contributed by atoms with Crippen LogP contribution in [0.4, 0.5) is 5.82 Å². The fourth-order valence-corrected chi connectivity index (χ4v) is 1.37. The predicted molar refractivity (Wildman–Crippen MR) is 60.2 cm³/mol. The molecule has 0 spiro atoms. The maximum atomic E-state index is 9.34. The van der Waals surface area contributed by atoms with Crippen molar-refractivity contribution in [3.63, 3.8) is 0 Å². The van der Waals surface area contributed by atoms with E-state index in [9.17, 15) is 5.11 Å². The van der Waals surface area contributed by atoms with E-state index in [0.29, 0.717) is 11.5 Å². The van der Waals surface area contributed by atoms with E-state index in [1.54, 1.807) is 23.1 Å². The van der Waals surface area contributed by atoms with E-state index in [1.165, 1.54) is 0 Å². The topological polar surface area (TPSA) is 75.3 Å². The van der Waals surface area contributed by atoms with Crippen molar-refractivity contribution in [2.45, 2.75) is 25.8 Å². The molecule has 0 fully saturated rings. The second-order valence-electron chi connectivity index (χ2n) is 4.03. The SMILES string of the molecule is CCC(C)(CO)Nc1nccn2cnnc12. The van der Waals surface area contributed by atoms with Crippen LogP contribution in [0.25, 0.3) is 5.65 Å². The molecule has 0 aliphatic carbocycles. The minimum Gasteiger partial charge on any atom is -0.394 e. The van der Waals surface area contributed by atoms with Crippen molar-refractivity contribution in [1.82, 2.24) is 19.6 Å². The molecule has 0 bridgehead atoms. The summed E-state index contributed by atoms with van der Waals surface area (Å²) in [7, 11) is 0. The van der Waals surface area contributed by atoms with Crippen molar-refractivity contribution in [2.75, 3.05) is 11.9 Å². The van der Waals surface area contributed by atoms with E-state index in [2.05, 4.69) is 20.5 Å². The average Bonchev–Trinajstić information content (AvgIpc) is 2.78. The molecule has 1 unspecified atom stereocenters. The number of fused-ring (bicyclic) bond motifs is 1. The lowest BCUT2D eigenvalue weighted by molar-refractivity contribution is 0.218. The first-order valence-corrected chi connectivity index (χ1v) is 5.22. The van der Waals surface area contributed by atoms with E-state index in [1.807, 2.05) is 13.8 Å². The van der Waals surface area contributed by atoms with Crippen molar-refractivity contribution >= 4 is 11.5 Å². The van der Waals surface area contributed by atoms with Gasteiger partial charge in [0.05, 0.1) is 12.1 Å². The summed E-state index contributed by atoms with van der Waals surface area (Å²) in [5, 5.41) is 20.3. The van der Waals surface area contributed by atoms with Crippen LogP contribution in [0.15, 0.2) is 18.7 Å². The normalized spacial score (nSPS) is 14.9. The second kappa shape index (κ2) is 4.05. The van der Waals surface area contributed by atoms with Crippen molar-refractivity contribution in [3.05, 3.63) is 18.7 Å². The van der Waals surface area contributed by atoms with Crippen LogP contribution in [0.2, 0.25) is 0 Å². The van der Waals surface area contributed by atoms with E-state index < -0.39 is 0 Å². The molecule has 0 saturated carbocycles. The number of nitrogens with zero attached hydrogens (tertiary/aromatic N) is 4. The summed E-state index contributed by atoms with van der Waals surface area (Å²) in [5.41, 5.74) is 0.275. The van der Waals surface area contributed by atoms with Gasteiger partial charge in [0.15, 0.2) is 5.82 Å². The minimum absolute atomic E-state index is 0.0420. The highest BCUT2D eigenvalue weighted by Gasteiger charge is 2.22. The molecule has 16 heavy (non-hydrogen) atoms. The first-order chi connectivity index (χ1) is 7.68. The Morgan fingerprint density at radius 2 is 2.38 bits per heavy atom. The molecule has 0 aliphatic heterocycles. The zero-order chi connectivity index (χ0) is 11.6. The molecule has 1 atom stereocenters. The lowest BCUT2D eigenvalue weighted by Crippen LogP contribution is -2.38. The van der Waals surface area contributed by atoms with E-state index in [0.717, 1.165) is 6.42 Å². The molecule has 86 valence electrons. The van der Waals surface area contributed by atoms with Crippen molar-refractivity contribution < 1.29 is 5.11 Å². The molecule has 0 radical (unpaired) electrons. The number of aliphatic hydroxyl groups excluding tert-OH is 1. The van der Waals surface area contributed by atoms with Crippen LogP contribution in [0, 0.1) is 0 Å². The van der Waals surface area contributed by atoms with Crippen molar-refractivity contribution in [1.29, 1.82) is 0 Å². The Morgan fingerprint density at radius 3 is 3.06 bits per heavy atom. The van der Waals surface area contributed by atoms with Crippen LogP contribution in [0.5, 0.6) is 0 Å². The number of rotatable bonds is 4. The summed E-state index contributed by atoms with van der Waals surface area (Å²) >= 11 is 0. The van der Waals surface area contributed by atoms with Crippen LogP contribution in [-0.4, -0.2) is 36.8 Å². The third-order valence-corrected chi connectivity index (χ3v) is 2.77. The number of nitrogens with one attached hydrogen (secondary N) is 1. The van der Waals surface area contributed by atoms with Gasteiger partial charge in [-0.05, 0) is 13.3 Å². The van der Waals surface area contributed by atoms with E-state index >= 15 is 0 Å². The molecule has 0 aromatic carbocycles. The van der Waals surface area contributed by atoms with Gasteiger partial charge in [0.25, 0.3) is 0 Å². The fourth-order valence-electron chi connectivity index (χ4n) is 1.37. The van der Waals surface area contributed by atoms with E-state index in [-0.39, 0.29) is 12.1 Å². The highest BCUT2D eigenvalue weighted by atomic mass is 16.3. The number of hydrogen-bond donors (Lipinski definition) is 2. The fraction of sp³-hybridized carbons (Fsp3) is 0.500.